The normalized spacial score (nSPS) is 21.9. The molecule has 0 bridgehead atoms. The molecule has 3 amide bonds. The maximum absolute atomic E-state index is 12.9. The number of nitrogens with zero attached hydrogens (tertiary/aromatic N) is 2. The number of ether oxygens (including phenoxy) is 2. The third kappa shape index (κ3) is 7.72. The predicted octanol–water partition coefficient (Wildman–Crippen LogP) is 2.55. The predicted molar refractivity (Wildman–Crippen MR) is 151 cm³/mol. The van der Waals surface area contributed by atoms with Gasteiger partial charge in [-0.2, -0.15) is 0 Å². The van der Waals surface area contributed by atoms with Crippen molar-refractivity contribution in [3.63, 3.8) is 0 Å². The molecule has 1 unspecified atom stereocenters. The van der Waals surface area contributed by atoms with E-state index in [-0.39, 0.29) is 30.2 Å². The van der Waals surface area contributed by atoms with Gasteiger partial charge in [-0.05, 0) is 89.5 Å². The molecule has 3 N–H and O–H groups in total. The Morgan fingerprint density at radius 3 is 2.50 bits per heavy atom. The van der Waals surface area contributed by atoms with Gasteiger partial charge in [-0.3, -0.25) is 24.0 Å². The van der Waals surface area contributed by atoms with Crippen molar-refractivity contribution in [2.24, 2.45) is 13.0 Å². The van der Waals surface area contributed by atoms with Crippen LogP contribution in [-0.4, -0.2) is 65.0 Å². The van der Waals surface area contributed by atoms with E-state index < -0.39 is 17.6 Å². The summed E-state index contributed by atoms with van der Waals surface area (Å²) in [5.41, 5.74) is 1.74. The number of hydrogen-bond acceptors (Lipinski definition) is 7. The Morgan fingerprint density at radius 2 is 1.80 bits per heavy atom. The van der Waals surface area contributed by atoms with Gasteiger partial charge in [0.2, 0.25) is 11.8 Å². The standard InChI is InChI=1S/C29H43N5O6/c1-29(2,3)40-27(37)31-21-8-5-20(6-9-21)18-30-14-16-39-15-13-19-7-10-22-24(17-19)33(4)28(38)34(22)23-11-12-25(35)32-26(23)36/h7,10,17,20-21,23,30H,5-6,8-9,11-16,18H2,1-4H3,(H,31,37)(H,32,35,36). The average Bonchev–Trinajstić information content (AvgIpc) is 3.13. The highest BCUT2D eigenvalue weighted by Crippen LogP contribution is 2.25. The number of imidazole rings is 1. The van der Waals surface area contributed by atoms with E-state index in [0.717, 1.165) is 49.9 Å². The van der Waals surface area contributed by atoms with Crippen molar-refractivity contribution in [3.8, 4) is 0 Å². The van der Waals surface area contributed by atoms with Crippen LogP contribution in [0.15, 0.2) is 23.0 Å². The number of alkyl carbamates (subject to hydrolysis) is 1. The smallest absolute Gasteiger partial charge is 0.407 e. The van der Waals surface area contributed by atoms with E-state index >= 15 is 0 Å². The average molecular weight is 558 g/mol. The maximum Gasteiger partial charge on any atom is 0.407 e. The summed E-state index contributed by atoms with van der Waals surface area (Å²) < 4.78 is 14.2. The summed E-state index contributed by atoms with van der Waals surface area (Å²) in [4.78, 5) is 48.8. The van der Waals surface area contributed by atoms with E-state index in [2.05, 4.69) is 16.0 Å². The Kier molecular flexibility index (Phi) is 9.68. The van der Waals surface area contributed by atoms with Crippen molar-refractivity contribution < 1.29 is 23.9 Å². The third-order valence-corrected chi connectivity index (χ3v) is 7.63. The van der Waals surface area contributed by atoms with Crippen LogP contribution < -0.4 is 21.6 Å². The molecule has 4 rings (SSSR count). The zero-order chi connectivity index (χ0) is 28.9. The topological polar surface area (TPSA) is 133 Å². The van der Waals surface area contributed by atoms with Gasteiger partial charge in [-0.25, -0.2) is 9.59 Å². The molecule has 11 nitrogen and oxygen atoms in total. The third-order valence-electron chi connectivity index (χ3n) is 7.63. The largest absolute Gasteiger partial charge is 0.444 e. The van der Waals surface area contributed by atoms with Gasteiger partial charge in [0.1, 0.15) is 11.6 Å². The molecule has 2 heterocycles. The number of nitrogens with one attached hydrogen (secondary N) is 3. The molecule has 1 aromatic heterocycles. The van der Waals surface area contributed by atoms with Gasteiger partial charge in [0, 0.05) is 26.1 Å². The molecule has 1 saturated carbocycles. The van der Waals surface area contributed by atoms with Gasteiger partial charge in [0.25, 0.3) is 0 Å². The monoisotopic (exact) mass is 557 g/mol. The molecule has 1 atom stereocenters. The van der Waals surface area contributed by atoms with Crippen LogP contribution in [0, 0.1) is 5.92 Å². The first-order valence-corrected chi connectivity index (χ1v) is 14.3. The first kappa shape index (κ1) is 29.8. The van der Waals surface area contributed by atoms with Crippen LogP contribution in [0.1, 0.15) is 70.9 Å². The molecular weight excluding hydrogens is 514 g/mol. The fourth-order valence-electron chi connectivity index (χ4n) is 5.52. The first-order valence-electron chi connectivity index (χ1n) is 14.3. The van der Waals surface area contributed by atoms with Crippen LogP contribution >= 0.6 is 0 Å². The maximum atomic E-state index is 12.9. The lowest BCUT2D eigenvalue weighted by molar-refractivity contribution is -0.135. The number of hydrogen-bond donors (Lipinski definition) is 3. The first-order chi connectivity index (χ1) is 19.0. The Balaban J connectivity index is 1.15. The fourth-order valence-corrected chi connectivity index (χ4v) is 5.52. The number of carbonyl (C=O) groups excluding carboxylic acids is 3. The molecule has 0 radical (unpaired) electrons. The molecule has 1 aromatic carbocycles. The Labute approximate surface area is 235 Å². The Morgan fingerprint density at radius 1 is 1.05 bits per heavy atom. The van der Waals surface area contributed by atoms with Gasteiger partial charge >= 0.3 is 11.8 Å². The van der Waals surface area contributed by atoms with E-state index in [1.54, 1.807) is 11.6 Å². The van der Waals surface area contributed by atoms with Gasteiger partial charge in [-0.15, -0.1) is 0 Å². The second-order valence-corrected chi connectivity index (χ2v) is 11.9. The SMILES string of the molecule is Cn1c(=O)n(C2CCC(=O)NC2=O)c2ccc(CCOCCNCC3CCC(NC(=O)OC(C)(C)C)CC3)cc21. The lowest BCUT2D eigenvalue weighted by atomic mass is 9.86. The summed E-state index contributed by atoms with van der Waals surface area (Å²) in [6.07, 6.45) is 5.00. The Hall–Kier alpha value is -3.18. The molecule has 1 aliphatic heterocycles. The molecule has 220 valence electrons. The van der Waals surface area contributed by atoms with Crippen molar-refractivity contribution in [3.05, 3.63) is 34.2 Å². The van der Waals surface area contributed by atoms with Gasteiger partial charge in [-0.1, -0.05) is 6.07 Å². The lowest BCUT2D eigenvalue weighted by Crippen LogP contribution is -2.44. The van der Waals surface area contributed by atoms with Crippen LogP contribution in [0.3, 0.4) is 0 Å². The van der Waals surface area contributed by atoms with Crippen molar-refractivity contribution >= 4 is 28.9 Å². The van der Waals surface area contributed by atoms with Crippen molar-refractivity contribution in [2.75, 3.05) is 26.3 Å². The van der Waals surface area contributed by atoms with E-state index in [0.29, 0.717) is 37.5 Å². The number of fused-ring (bicyclic) bond motifs is 1. The van der Waals surface area contributed by atoms with Gasteiger partial charge < -0.3 is 20.1 Å². The second-order valence-electron chi connectivity index (χ2n) is 11.9. The molecular formula is C29H43N5O6. The molecule has 2 fully saturated rings. The summed E-state index contributed by atoms with van der Waals surface area (Å²) in [6.45, 7) is 8.50. The van der Waals surface area contributed by atoms with Crippen molar-refractivity contribution in [1.29, 1.82) is 0 Å². The fraction of sp³-hybridized carbons (Fsp3) is 0.655. The highest BCUT2D eigenvalue weighted by atomic mass is 16.6. The van der Waals surface area contributed by atoms with Crippen LogP contribution in [0.2, 0.25) is 0 Å². The van der Waals surface area contributed by atoms with Gasteiger partial charge in [0.15, 0.2) is 0 Å². The van der Waals surface area contributed by atoms with Crippen LogP contribution in [0.5, 0.6) is 0 Å². The van der Waals surface area contributed by atoms with Crippen molar-refractivity contribution in [1.82, 2.24) is 25.1 Å². The molecule has 1 aliphatic carbocycles. The number of benzene rings is 1. The summed E-state index contributed by atoms with van der Waals surface area (Å²) in [7, 11) is 1.70. The number of imide groups is 1. The van der Waals surface area contributed by atoms with Crippen LogP contribution in [0.4, 0.5) is 4.79 Å². The molecule has 11 heteroatoms. The summed E-state index contributed by atoms with van der Waals surface area (Å²) in [5, 5.41) is 8.81. The van der Waals surface area contributed by atoms with Crippen molar-refractivity contribution in [2.45, 2.75) is 83.4 Å². The molecule has 1 saturated heterocycles. The summed E-state index contributed by atoms with van der Waals surface area (Å²) in [6, 6.07) is 5.30. The minimum Gasteiger partial charge on any atom is -0.444 e. The van der Waals surface area contributed by atoms with Gasteiger partial charge in [0.05, 0.1) is 24.2 Å². The zero-order valence-electron chi connectivity index (χ0n) is 24.1. The molecule has 0 spiro atoms. The quantitative estimate of drug-likeness (QED) is 0.302. The lowest BCUT2D eigenvalue weighted by Gasteiger charge is -2.30. The Bertz CT molecular complexity index is 1270. The molecule has 40 heavy (non-hydrogen) atoms. The zero-order valence-corrected chi connectivity index (χ0v) is 24.1. The highest BCUT2D eigenvalue weighted by Gasteiger charge is 2.31. The van der Waals surface area contributed by atoms with E-state index in [4.69, 9.17) is 9.47 Å². The summed E-state index contributed by atoms with van der Waals surface area (Å²) in [5.74, 6) is -0.133. The summed E-state index contributed by atoms with van der Waals surface area (Å²) >= 11 is 0. The second kappa shape index (κ2) is 13.0. The van der Waals surface area contributed by atoms with E-state index in [1.165, 1.54) is 4.57 Å². The number of amides is 3. The number of rotatable bonds is 10. The van der Waals surface area contributed by atoms with E-state index in [9.17, 15) is 19.2 Å². The highest BCUT2D eigenvalue weighted by molar-refractivity contribution is 6.00. The molecule has 2 aromatic rings. The molecule has 2 aliphatic rings. The van der Waals surface area contributed by atoms with Crippen LogP contribution in [0.25, 0.3) is 11.0 Å². The minimum atomic E-state index is -0.681. The number of piperidine rings is 1. The minimum absolute atomic E-state index is 0.187. The number of aryl methyl sites for hydroxylation is 1. The number of aromatic nitrogens is 2. The van der Waals surface area contributed by atoms with E-state index in [1.807, 2.05) is 39.0 Å². The van der Waals surface area contributed by atoms with Crippen LogP contribution in [-0.2, 0) is 32.5 Å². The number of carbonyl (C=O) groups is 3.